The van der Waals surface area contributed by atoms with E-state index in [-0.39, 0.29) is 16.7 Å². The molecule has 2 aromatic rings. The van der Waals surface area contributed by atoms with Crippen molar-refractivity contribution in [3.63, 3.8) is 0 Å². The maximum Gasteiger partial charge on any atom is 0.272 e. The number of H-pyrrole nitrogens is 2. The summed E-state index contributed by atoms with van der Waals surface area (Å²) < 4.78 is 0. The summed E-state index contributed by atoms with van der Waals surface area (Å²) in [6, 6.07) is 4.73. The summed E-state index contributed by atoms with van der Waals surface area (Å²) in [7, 11) is 0. The van der Waals surface area contributed by atoms with Crippen molar-refractivity contribution in [3.05, 3.63) is 38.9 Å². The number of rotatable bonds is 2. The molecule has 2 rings (SSSR count). The minimum Gasteiger partial charge on any atom is -0.325 e. The van der Waals surface area contributed by atoms with Crippen molar-refractivity contribution in [1.29, 1.82) is 0 Å². The fraction of sp³-hybridized carbons (Fsp3) is 0.182. The normalized spacial score (nSPS) is 10.4. The Morgan fingerprint density at radius 2 is 1.94 bits per heavy atom. The van der Waals surface area contributed by atoms with Gasteiger partial charge in [-0.05, 0) is 12.1 Å². The number of nitrogens with one attached hydrogen (secondary N) is 3. The van der Waals surface area contributed by atoms with E-state index in [2.05, 4.69) is 15.5 Å². The van der Waals surface area contributed by atoms with Gasteiger partial charge in [-0.25, -0.2) is 0 Å². The predicted octanol–water partition coefficient (Wildman–Crippen LogP) is 0.565. The average molecular weight is 233 g/mol. The van der Waals surface area contributed by atoms with E-state index < -0.39 is 11.1 Å². The van der Waals surface area contributed by atoms with E-state index in [4.69, 9.17) is 0 Å². The summed E-state index contributed by atoms with van der Waals surface area (Å²) in [6.07, 6.45) is 0.303. The molecule has 1 amide bonds. The Bertz CT molecular complexity index is 684. The van der Waals surface area contributed by atoms with E-state index >= 15 is 0 Å². The lowest BCUT2D eigenvalue weighted by Crippen LogP contribution is -2.21. The molecule has 6 heteroatoms. The zero-order valence-corrected chi connectivity index (χ0v) is 9.16. The molecule has 1 aromatic heterocycles. The Morgan fingerprint density at radius 3 is 2.65 bits per heavy atom. The quantitative estimate of drug-likeness (QED) is 0.707. The van der Waals surface area contributed by atoms with Crippen LogP contribution < -0.4 is 16.4 Å². The van der Waals surface area contributed by atoms with Gasteiger partial charge in [-0.2, -0.15) is 0 Å². The van der Waals surface area contributed by atoms with Crippen molar-refractivity contribution in [2.75, 3.05) is 5.32 Å². The van der Waals surface area contributed by atoms with Gasteiger partial charge in [0, 0.05) is 6.42 Å². The molecule has 0 aliphatic carbocycles. The number of hydrogen-bond acceptors (Lipinski definition) is 3. The number of carbonyl (C=O) groups excluding carboxylic acids is 1. The first-order valence-electron chi connectivity index (χ1n) is 5.17. The maximum absolute atomic E-state index is 11.6. The number of benzene rings is 1. The molecule has 0 spiro atoms. The molecule has 1 heterocycles. The first kappa shape index (κ1) is 11.1. The van der Waals surface area contributed by atoms with Gasteiger partial charge in [-0.15, -0.1) is 0 Å². The van der Waals surface area contributed by atoms with Gasteiger partial charge >= 0.3 is 0 Å². The molecule has 0 bridgehead atoms. The summed E-state index contributed by atoms with van der Waals surface area (Å²) >= 11 is 0. The van der Waals surface area contributed by atoms with Crippen LogP contribution in [0.15, 0.2) is 27.8 Å². The van der Waals surface area contributed by atoms with E-state index in [1.54, 1.807) is 19.1 Å². The molecule has 17 heavy (non-hydrogen) atoms. The monoisotopic (exact) mass is 233 g/mol. The Kier molecular flexibility index (Phi) is 2.78. The van der Waals surface area contributed by atoms with Crippen molar-refractivity contribution in [2.24, 2.45) is 0 Å². The zero-order valence-electron chi connectivity index (χ0n) is 9.16. The molecule has 0 fully saturated rings. The largest absolute Gasteiger partial charge is 0.325 e. The van der Waals surface area contributed by atoms with E-state index in [9.17, 15) is 14.4 Å². The third-order valence-corrected chi connectivity index (χ3v) is 2.42. The number of carbonyl (C=O) groups is 1. The van der Waals surface area contributed by atoms with E-state index in [0.29, 0.717) is 12.1 Å². The Morgan fingerprint density at radius 1 is 1.24 bits per heavy atom. The average Bonchev–Trinajstić information content (AvgIpc) is 2.34. The third-order valence-electron chi connectivity index (χ3n) is 2.42. The lowest BCUT2D eigenvalue weighted by molar-refractivity contribution is -0.115. The molecule has 1 aromatic carbocycles. The SMILES string of the molecule is CCC(=O)Nc1cccc2c(=O)[nH][nH]c(=O)c12. The summed E-state index contributed by atoms with van der Waals surface area (Å²) in [5.74, 6) is -0.211. The molecule has 0 atom stereocenters. The molecular formula is C11H11N3O3. The van der Waals surface area contributed by atoms with Crippen LogP contribution in [-0.4, -0.2) is 16.1 Å². The molecule has 3 N–H and O–H groups in total. The lowest BCUT2D eigenvalue weighted by atomic mass is 10.1. The topological polar surface area (TPSA) is 94.8 Å². The standard InChI is InChI=1S/C11H11N3O3/c1-2-8(15)12-7-5-3-4-6-9(7)11(17)14-13-10(6)16/h3-5H,2H2,1H3,(H,12,15)(H,13,16)(H,14,17). The van der Waals surface area contributed by atoms with E-state index in [0.717, 1.165) is 0 Å². The molecule has 0 unspecified atom stereocenters. The molecular weight excluding hydrogens is 222 g/mol. The van der Waals surface area contributed by atoms with Crippen LogP contribution in [0.4, 0.5) is 5.69 Å². The predicted molar refractivity (Wildman–Crippen MR) is 64.1 cm³/mol. The van der Waals surface area contributed by atoms with Crippen LogP contribution in [0.2, 0.25) is 0 Å². The molecule has 6 nitrogen and oxygen atoms in total. The highest BCUT2D eigenvalue weighted by atomic mass is 16.2. The Balaban J connectivity index is 2.73. The highest BCUT2D eigenvalue weighted by Gasteiger charge is 2.09. The van der Waals surface area contributed by atoms with Crippen molar-refractivity contribution in [1.82, 2.24) is 10.2 Å². The van der Waals surface area contributed by atoms with Gasteiger partial charge in [-0.1, -0.05) is 13.0 Å². The van der Waals surface area contributed by atoms with Crippen LogP contribution in [0.25, 0.3) is 10.8 Å². The van der Waals surface area contributed by atoms with Crippen LogP contribution in [-0.2, 0) is 4.79 Å². The smallest absolute Gasteiger partial charge is 0.272 e. The number of amides is 1. The second-order valence-corrected chi connectivity index (χ2v) is 3.54. The minimum absolute atomic E-state index is 0.193. The highest BCUT2D eigenvalue weighted by molar-refractivity contribution is 6.01. The van der Waals surface area contributed by atoms with E-state index in [1.807, 2.05) is 0 Å². The Hall–Kier alpha value is -2.37. The third kappa shape index (κ3) is 1.96. The van der Waals surface area contributed by atoms with Crippen LogP contribution in [0.3, 0.4) is 0 Å². The first-order chi connectivity index (χ1) is 8.13. The number of aromatic nitrogens is 2. The van der Waals surface area contributed by atoms with Crippen molar-refractivity contribution >= 4 is 22.4 Å². The lowest BCUT2D eigenvalue weighted by Gasteiger charge is -2.06. The summed E-state index contributed by atoms with van der Waals surface area (Å²) in [5, 5.41) is 7.50. The van der Waals surface area contributed by atoms with E-state index in [1.165, 1.54) is 6.07 Å². The summed E-state index contributed by atoms with van der Waals surface area (Å²) in [5.41, 5.74) is -0.486. The van der Waals surface area contributed by atoms with Crippen molar-refractivity contribution < 1.29 is 4.79 Å². The molecule has 88 valence electrons. The first-order valence-corrected chi connectivity index (χ1v) is 5.17. The maximum atomic E-state index is 11.6. The van der Waals surface area contributed by atoms with Gasteiger partial charge in [0.1, 0.15) is 0 Å². The Labute approximate surface area is 95.7 Å². The minimum atomic E-state index is -0.438. The fourth-order valence-corrected chi connectivity index (χ4v) is 1.57. The van der Waals surface area contributed by atoms with Crippen LogP contribution >= 0.6 is 0 Å². The molecule has 0 aliphatic rings. The van der Waals surface area contributed by atoms with Crippen LogP contribution in [0.1, 0.15) is 13.3 Å². The molecule has 0 aliphatic heterocycles. The van der Waals surface area contributed by atoms with Gasteiger partial charge in [0.15, 0.2) is 0 Å². The number of hydrogen-bond donors (Lipinski definition) is 3. The van der Waals surface area contributed by atoms with Gasteiger partial charge in [0.05, 0.1) is 16.5 Å². The van der Waals surface area contributed by atoms with Crippen molar-refractivity contribution in [2.45, 2.75) is 13.3 Å². The van der Waals surface area contributed by atoms with Gasteiger partial charge < -0.3 is 5.32 Å². The second kappa shape index (κ2) is 4.25. The van der Waals surface area contributed by atoms with Gasteiger partial charge in [0.2, 0.25) is 5.91 Å². The molecule has 0 saturated carbocycles. The molecule has 0 saturated heterocycles. The number of aromatic amines is 2. The van der Waals surface area contributed by atoms with Crippen molar-refractivity contribution in [3.8, 4) is 0 Å². The number of anilines is 1. The van der Waals surface area contributed by atoms with Gasteiger partial charge in [-0.3, -0.25) is 24.6 Å². The molecule has 0 radical (unpaired) electrons. The van der Waals surface area contributed by atoms with Crippen LogP contribution in [0.5, 0.6) is 0 Å². The second-order valence-electron chi connectivity index (χ2n) is 3.54. The fourth-order valence-electron chi connectivity index (χ4n) is 1.57. The zero-order chi connectivity index (χ0) is 12.4. The summed E-state index contributed by atoms with van der Waals surface area (Å²) in [4.78, 5) is 34.5. The van der Waals surface area contributed by atoms with Crippen LogP contribution in [0, 0.1) is 0 Å². The van der Waals surface area contributed by atoms with Gasteiger partial charge in [0.25, 0.3) is 11.1 Å². The summed E-state index contributed by atoms with van der Waals surface area (Å²) in [6.45, 7) is 1.71. The highest BCUT2D eigenvalue weighted by Crippen LogP contribution is 2.16. The number of fused-ring (bicyclic) bond motifs is 1.